The summed E-state index contributed by atoms with van der Waals surface area (Å²) in [5.41, 5.74) is 0.985. The zero-order valence-corrected chi connectivity index (χ0v) is 20.2. The van der Waals surface area contributed by atoms with E-state index in [4.69, 9.17) is 5.84 Å². The van der Waals surface area contributed by atoms with Crippen molar-refractivity contribution in [2.75, 3.05) is 21.1 Å². The first-order chi connectivity index (χ1) is 14.3. The third-order valence-electron chi connectivity index (χ3n) is 6.01. The van der Waals surface area contributed by atoms with E-state index in [9.17, 15) is 19.9 Å². The van der Waals surface area contributed by atoms with E-state index in [1.807, 2.05) is 16.8 Å². The molecule has 0 aromatic rings. The second kappa shape index (κ2) is 11.8. The lowest BCUT2D eigenvalue weighted by molar-refractivity contribution is -0.156. The number of nitrogens with two attached hydrogens (primary N) is 1. The van der Waals surface area contributed by atoms with Crippen molar-refractivity contribution in [3.05, 3.63) is 11.8 Å². The molecule has 0 bridgehead atoms. The highest BCUT2D eigenvalue weighted by Crippen LogP contribution is 2.32. The van der Waals surface area contributed by atoms with Gasteiger partial charge in [-0.25, -0.2) is 5.84 Å². The van der Waals surface area contributed by atoms with Crippen LogP contribution in [0.2, 0.25) is 0 Å². The van der Waals surface area contributed by atoms with Crippen molar-refractivity contribution in [3.8, 4) is 0 Å². The van der Waals surface area contributed by atoms with Crippen molar-refractivity contribution in [1.29, 1.82) is 0 Å². The lowest BCUT2D eigenvalue weighted by Crippen LogP contribution is -2.57. The molecule has 0 saturated heterocycles. The third-order valence-corrected chi connectivity index (χ3v) is 6.01. The average Bonchev–Trinajstić information content (AvgIpc) is 3.10. The number of nitrogens with zero attached hydrogens (tertiary/aromatic N) is 3. The molecule has 2 unspecified atom stereocenters. The van der Waals surface area contributed by atoms with E-state index in [1.165, 1.54) is 6.92 Å². The lowest BCUT2D eigenvalue weighted by Gasteiger charge is -2.40. The number of hydrogen-bond donors (Lipinski definition) is 5. The van der Waals surface area contributed by atoms with Gasteiger partial charge in [-0.3, -0.25) is 19.7 Å². The predicted molar refractivity (Wildman–Crippen MR) is 119 cm³/mol. The van der Waals surface area contributed by atoms with E-state index in [-0.39, 0.29) is 23.9 Å². The minimum Gasteiger partial charge on any atom is -0.376 e. The number of likely N-dealkylation sites (N-methyl/N-ethyl adjacent to an activating group) is 3. The summed E-state index contributed by atoms with van der Waals surface area (Å²) in [4.78, 5) is 28.6. The van der Waals surface area contributed by atoms with Gasteiger partial charge in [0.05, 0.1) is 12.1 Å². The Morgan fingerprint density at radius 1 is 1.23 bits per heavy atom. The number of hydrazine groups is 1. The number of carbonyl (C=O) groups excluding carboxylic acids is 2. The SMILES string of the molecule is CNC(=O)[C@H](CC(C)C)N(C)C1=CC(C)C[C@@H]1N(C)C(O)[C@@H](C)NC(=O)[C@@H](C)N(N)O. The monoisotopic (exact) mass is 442 g/mol. The molecule has 31 heavy (non-hydrogen) atoms. The molecule has 0 radical (unpaired) electrons. The Morgan fingerprint density at radius 3 is 2.29 bits per heavy atom. The van der Waals surface area contributed by atoms with Crippen molar-refractivity contribution < 1.29 is 19.9 Å². The van der Waals surface area contributed by atoms with Crippen LogP contribution in [0, 0.1) is 11.8 Å². The number of allylic oxidation sites excluding steroid dienone is 1. The molecule has 1 rings (SSSR count). The molecule has 0 heterocycles. The summed E-state index contributed by atoms with van der Waals surface area (Å²) in [5, 5.41) is 26.0. The number of hydroxylamine groups is 1. The Balaban J connectivity index is 2.99. The van der Waals surface area contributed by atoms with Crippen molar-refractivity contribution in [1.82, 2.24) is 25.6 Å². The Bertz CT molecular complexity index is 641. The van der Waals surface area contributed by atoms with Gasteiger partial charge in [-0.2, -0.15) is 0 Å². The predicted octanol–water partition coefficient (Wildman–Crippen LogP) is 0.0795. The van der Waals surface area contributed by atoms with Crippen LogP contribution in [0.15, 0.2) is 11.8 Å². The number of aliphatic hydroxyl groups excluding tert-OH is 1. The molecule has 6 N–H and O–H groups in total. The van der Waals surface area contributed by atoms with E-state index < -0.39 is 24.2 Å². The second-order valence-electron chi connectivity index (χ2n) is 9.12. The fraction of sp³-hybridized carbons (Fsp3) is 0.810. The Hall–Kier alpha value is -1.72. The highest BCUT2D eigenvalue weighted by molar-refractivity contribution is 5.82. The van der Waals surface area contributed by atoms with Gasteiger partial charge in [-0.15, -0.1) is 5.17 Å². The summed E-state index contributed by atoms with van der Waals surface area (Å²) in [6.07, 6.45) is 2.67. The summed E-state index contributed by atoms with van der Waals surface area (Å²) in [7, 11) is 5.37. The van der Waals surface area contributed by atoms with Gasteiger partial charge >= 0.3 is 0 Å². The van der Waals surface area contributed by atoms with E-state index in [0.29, 0.717) is 17.5 Å². The molecule has 0 saturated carbocycles. The van der Waals surface area contributed by atoms with E-state index in [1.54, 1.807) is 21.0 Å². The van der Waals surface area contributed by atoms with Crippen LogP contribution in [0.3, 0.4) is 0 Å². The van der Waals surface area contributed by atoms with Gasteiger partial charge in [0.1, 0.15) is 18.3 Å². The number of nitrogens with one attached hydrogen (secondary N) is 2. The minimum atomic E-state index is -0.975. The third kappa shape index (κ3) is 7.15. The van der Waals surface area contributed by atoms with Gasteiger partial charge in [0.25, 0.3) is 0 Å². The minimum absolute atomic E-state index is 0.0384. The summed E-state index contributed by atoms with van der Waals surface area (Å²) in [5.74, 6) is 5.32. The van der Waals surface area contributed by atoms with Crippen LogP contribution in [0.25, 0.3) is 0 Å². The molecule has 0 aliphatic heterocycles. The normalized spacial score (nSPS) is 22.8. The molecule has 180 valence electrons. The number of rotatable bonds is 11. The topological polar surface area (TPSA) is 134 Å². The Morgan fingerprint density at radius 2 is 1.81 bits per heavy atom. The zero-order chi connectivity index (χ0) is 24.0. The van der Waals surface area contributed by atoms with Crippen LogP contribution >= 0.6 is 0 Å². The fourth-order valence-electron chi connectivity index (χ4n) is 3.98. The Labute approximate surface area is 186 Å². The van der Waals surface area contributed by atoms with Crippen molar-refractivity contribution in [3.63, 3.8) is 0 Å². The summed E-state index contributed by atoms with van der Waals surface area (Å²) in [6, 6.07) is -1.98. The standard InChI is InChI=1S/C21H42N6O4/c1-12(2)9-18(20(29)23-6)25(7)16-10-13(3)11-17(16)26(8)21(30)14(4)24-19(28)15(5)27(22)31/h10,12-15,17-18,21,30-31H,9,11,22H2,1-8H3,(H,23,29)(H,24,28)/t13?,14-,15-,17+,18+,21?/m1/s1. The van der Waals surface area contributed by atoms with Crippen LogP contribution in [-0.4, -0.2) is 88.6 Å². The van der Waals surface area contributed by atoms with Gasteiger partial charge in [-0.05, 0) is 45.6 Å². The molecule has 10 heteroatoms. The summed E-state index contributed by atoms with van der Waals surface area (Å²) in [6.45, 7) is 9.43. The molecule has 1 aliphatic carbocycles. The van der Waals surface area contributed by atoms with Crippen molar-refractivity contribution >= 4 is 11.8 Å². The molecule has 1 aliphatic rings. The maximum Gasteiger partial charge on any atom is 0.242 e. The number of hydrogen-bond acceptors (Lipinski definition) is 8. The molecule has 10 nitrogen and oxygen atoms in total. The van der Waals surface area contributed by atoms with E-state index >= 15 is 0 Å². The van der Waals surface area contributed by atoms with Gasteiger partial charge < -0.3 is 20.6 Å². The highest BCUT2D eigenvalue weighted by Gasteiger charge is 2.37. The van der Waals surface area contributed by atoms with Crippen LogP contribution in [0.1, 0.15) is 47.5 Å². The second-order valence-corrected chi connectivity index (χ2v) is 9.12. The molecule has 0 spiro atoms. The Kier molecular flexibility index (Phi) is 10.4. The number of amides is 2. The maximum atomic E-state index is 12.6. The molecular formula is C21H42N6O4. The first-order valence-corrected chi connectivity index (χ1v) is 10.9. The zero-order valence-electron chi connectivity index (χ0n) is 20.2. The van der Waals surface area contributed by atoms with Crippen LogP contribution in [0.4, 0.5) is 0 Å². The maximum absolute atomic E-state index is 12.6. The molecular weight excluding hydrogens is 400 g/mol. The number of aliphatic hydroxyl groups is 1. The van der Waals surface area contributed by atoms with Crippen molar-refractivity contribution in [2.45, 2.75) is 77.9 Å². The van der Waals surface area contributed by atoms with Crippen molar-refractivity contribution in [2.24, 2.45) is 17.7 Å². The molecule has 0 aromatic carbocycles. The van der Waals surface area contributed by atoms with E-state index in [0.717, 1.165) is 12.1 Å². The molecule has 0 aromatic heterocycles. The molecule has 2 amide bonds. The van der Waals surface area contributed by atoms with Crippen LogP contribution in [0.5, 0.6) is 0 Å². The largest absolute Gasteiger partial charge is 0.376 e. The van der Waals surface area contributed by atoms with Gasteiger partial charge in [0.15, 0.2) is 0 Å². The molecule has 0 fully saturated rings. The summed E-state index contributed by atoms with van der Waals surface area (Å²) < 4.78 is 0. The highest BCUT2D eigenvalue weighted by atomic mass is 16.5. The number of carbonyl (C=O) groups is 2. The average molecular weight is 443 g/mol. The summed E-state index contributed by atoms with van der Waals surface area (Å²) >= 11 is 0. The van der Waals surface area contributed by atoms with Crippen LogP contribution in [-0.2, 0) is 9.59 Å². The van der Waals surface area contributed by atoms with Crippen LogP contribution < -0.4 is 16.5 Å². The van der Waals surface area contributed by atoms with Gasteiger partial charge in [0.2, 0.25) is 11.8 Å². The first kappa shape index (κ1) is 27.3. The fourth-order valence-corrected chi connectivity index (χ4v) is 3.98. The first-order valence-electron chi connectivity index (χ1n) is 10.9. The quantitative estimate of drug-likeness (QED) is 0.173. The smallest absolute Gasteiger partial charge is 0.242 e. The van der Waals surface area contributed by atoms with E-state index in [2.05, 4.69) is 37.5 Å². The van der Waals surface area contributed by atoms with Gasteiger partial charge in [0, 0.05) is 19.8 Å². The lowest BCUT2D eigenvalue weighted by atomic mass is 10.0. The van der Waals surface area contributed by atoms with Gasteiger partial charge in [-0.1, -0.05) is 26.8 Å². The molecule has 6 atom stereocenters.